The van der Waals surface area contributed by atoms with Crippen LogP contribution in [0.25, 0.3) is 0 Å². The van der Waals surface area contributed by atoms with Crippen molar-refractivity contribution in [2.75, 3.05) is 58.9 Å². The number of nitrogens with two attached hydrogens (primary N) is 8. The lowest BCUT2D eigenvalue weighted by Gasteiger charge is -2.28. The lowest BCUT2D eigenvalue weighted by molar-refractivity contribution is -0.135. The van der Waals surface area contributed by atoms with Crippen molar-refractivity contribution in [2.45, 2.75) is 244 Å². The van der Waals surface area contributed by atoms with Crippen LogP contribution in [-0.2, 0) is 78.3 Å². The van der Waals surface area contributed by atoms with Gasteiger partial charge in [-0.1, -0.05) is 92.1 Å². The van der Waals surface area contributed by atoms with Gasteiger partial charge in [-0.05, 0) is 165 Å². The van der Waals surface area contributed by atoms with E-state index in [4.69, 9.17) is 45.9 Å². The van der Waals surface area contributed by atoms with E-state index >= 15 is 0 Å². The molecular weight excluding hydrogens is 1440 g/mol. The maximum Gasteiger partial charge on any atom is 0.243 e. The van der Waals surface area contributed by atoms with E-state index in [9.17, 15) is 71.9 Å². The van der Waals surface area contributed by atoms with Gasteiger partial charge in [0, 0.05) is 13.0 Å². The van der Waals surface area contributed by atoms with E-state index < -0.39 is 187 Å². The van der Waals surface area contributed by atoms with Crippen LogP contribution in [0.2, 0.25) is 0 Å². The molecule has 38 nitrogen and oxygen atoms in total. The maximum absolute atomic E-state index is 14.6. The summed E-state index contributed by atoms with van der Waals surface area (Å²) in [6.07, 6.45) is 4.83. The number of hydrogen-bond acceptors (Lipinski definition) is 21. The third-order valence-electron chi connectivity index (χ3n) is 17.4. The Hall–Kier alpha value is -9.66. The van der Waals surface area contributed by atoms with Crippen molar-refractivity contribution in [3.8, 4) is 0 Å². The topological polar surface area (TPSA) is 645 Å². The van der Waals surface area contributed by atoms with E-state index in [1.807, 2.05) is 13.8 Å². The number of carbonyl (C=O) groups is 15. The summed E-state index contributed by atoms with van der Waals surface area (Å²) in [7, 11) is 0. The summed E-state index contributed by atoms with van der Waals surface area (Å²) in [6.45, 7) is 14.3. The SMILES string of the molecule is CC(C)C[C@H](NC(=O)CNC(=O)[C@H](CCCCN)NC(=O)[C@H](CC(C)C)NC(=O)[C@@H](NC(=O)[C@H](C)NC(=O)CNC(=O)CNC(=O)[C@H](CCCCN)NC(=O)[C@H](CCCCN)NC(=O)[C@H](Cc1ccccc1)NC(=O)[C@H](CC(C)C)NC(=O)CNC(=O)[C@H](CCCN=C(N)N)NC(=O)[C@@H](N)CCCCN)C(C)C)C(N)=O. The molecule has 628 valence electrons. The fraction of sp³-hybridized carbons (Fsp3) is 0.699. The molecule has 38 heteroatoms. The van der Waals surface area contributed by atoms with Gasteiger partial charge in [-0.15, -0.1) is 0 Å². The number of aliphatic imine (C=N–C) groups is 1. The number of carbonyl (C=O) groups excluding carboxylic acids is 15. The van der Waals surface area contributed by atoms with Gasteiger partial charge in [0.15, 0.2) is 5.96 Å². The number of primary amides is 1. The number of hydrogen-bond donors (Lipinski definition) is 22. The summed E-state index contributed by atoms with van der Waals surface area (Å²) in [5.41, 5.74) is 46.0. The zero-order valence-electron chi connectivity index (χ0n) is 66.3. The molecule has 0 radical (unpaired) electrons. The second kappa shape index (κ2) is 55.7. The highest BCUT2D eigenvalue weighted by molar-refractivity contribution is 5.99. The summed E-state index contributed by atoms with van der Waals surface area (Å²) in [4.78, 5) is 208. The maximum atomic E-state index is 14.6. The molecule has 0 spiro atoms. The first-order valence-corrected chi connectivity index (χ1v) is 38.5. The van der Waals surface area contributed by atoms with Crippen molar-refractivity contribution in [2.24, 2.45) is 74.5 Å². The first-order valence-electron chi connectivity index (χ1n) is 38.5. The molecule has 0 unspecified atom stereocenters. The number of amides is 15. The van der Waals surface area contributed by atoms with Gasteiger partial charge in [0.25, 0.3) is 0 Å². The number of unbranched alkanes of at least 4 members (excludes halogenated alkanes) is 4. The van der Waals surface area contributed by atoms with Crippen LogP contribution in [0.4, 0.5) is 0 Å². The van der Waals surface area contributed by atoms with Crippen LogP contribution in [0.3, 0.4) is 0 Å². The van der Waals surface area contributed by atoms with Crippen molar-refractivity contribution >= 4 is 94.6 Å². The summed E-state index contributed by atoms with van der Waals surface area (Å²) in [6, 6.07) is -4.56. The van der Waals surface area contributed by atoms with E-state index in [1.54, 1.807) is 71.9 Å². The van der Waals surface area contributed by atoms with E-state index in [1.165, 1.54) is 6.92 Å². The fourth-order valence-corrected chi connectivity index (χ4v) is 11.3. The molecule has 0 aliphatic heterocycles. The van der Waals surface area contributed by atoms with Crippen LogP contribution in [0.1, 0.15) is 177 Å². The highest BCUT2D eigenvalue weighted by Crippen LogP contribution is 2.14. The van der Waals surface area contributed by atoms with Gasteiger partial charge >= 0.3 is 0 Å². The highest BCUT2D eigenvalue weighted by Gasteiger charge is 2.36. The Morgan fingerprint density at radius 3 is 1.13 bits per heavy atom. The zero-order chi connectivity index (χ0) is 83.7. The van der Waals surface area contributed by atoms with Crippen LogP contribution < -0.4 is 120 Å². The minimum absolute atomic E-state index is 0.0198. The minimum atomic E-state index is -1.36. The number of rotatable bonds is 58. The molecule has 15 amide bonds. The van der Waals surface area contributed by atoms with E-state index in [-0.39, 0.29) is 101 Å². The molecule has 1 aromatic rings. The molecule has 0 aliphatic carbocycles. The first kappa shape index (κ1) is 99.3. The third-order valence-corrected chi connectivity index (χ3v) is 17.4. The first-order chi connectivity index (χ1) is 52.5. The van der Waals surface area contributed by atoms with Crippen LogP contribution in [-0.4, -0.2) is 220 Å². The van der Waals surface area contributed by atoms with Crippen molar-refractivity contribution in [1.29, 1.82) is 0 Å². The van der Waals surface area contributed by atoms with Crippen LogP contribution in [0.5, 0.6) is 0 Å². The monoisotopic (exact) mass is 1570 g/mol. The van der Waals surface area contributed by atoms with Crippen molar-refractivity contribution in [1.82, 2.24) is 74.4 Å². The molecule has 1 aromatic carbocycles. The zero-order valence-corrected chi connectivity index (χ0v) is 66.3. The van der Waals surface area contributed by atoms with Gasteiger partial charge in [-0.25, -0.2) is 0 Å². The van der Waals surface area contributed by atoms with Gasteiger partial charge in [0.2, 0.25) is 88.6 Å². The van der Waals surface area contributed by atoms with E-state index in [0.717, 1.165) is 0 Å². The van der Waals surface area contributed by atoms with Gasteiger partial charge < -0.3 is 120 Å². The van der Waals surface area contributed by atoms with Crippen molar-refractivity contribution in [3.63, 3.8) is 0 Å². The summed E-state index contributed by atoms with van der Waals surface area (Å²) >= 11 is 0. The fourth-order valence-electron chi connectivity index (χ4n) is 11.3. The molecule has 1 rings (SSSR count). The number of nitrogens with one attached hydrogen (secondary N) is 14. The Labute approximate surface area is 652 Å². The third kappa shape index (κ3) is 43.5. The summed E-state index contributed by atoms with van der Waals surface area (Å²) < 4.78 is 0. The highest BCUT2D eigenvalue weighted by atomic mass is 16.2. The average Bonchev–Trinajstić information content (AvgIpc) is 0.857. The van der Waals surface area contributed by atoms with Crippen LogP contribution in [0, 0.1) is 23.7 Å². The van der Waals surface area contributed by atoms with Gasteiger partial charge in [-0.3, -0.25) is 76.9 Å². The minimum Gasteiger partial charge on any atom is -0.370 e. The molecule has 0 aliphatic rings. The second-order valence-corrected chi connectivity index (χ2v) is 29.2. The molecule has 0 bridgehead atoms. The molecule has 0 aromatic heterocycles. The van der Waals surface area contributed by atoms with Gasteiger partial charge in [0.05, 0.1) is 32.2 Å². The summed E-state index contributed by atoms with van der Waals surface area (Å²) in [5, 5.41) is 36.2. The predicted octanol–water partition coefficient (Wildman–Crippen LogP) is -5.26. The van der Waals surface area contributed by atoms with E-state index in [2.05, 4.69) is 79.4 Å². The quantitative estimate of drug-likeness (QED) is 0.0165. The molecule has 30 N–H and O–H groups in total. The summed E-state index contributed by atoms with van der Waals surface area (Å²) in [5.74, 6) is -12.5. The van der Waals surface area contributed by atoms with Crippen molar-refractivity contribution in [3.05, 3.63) is 35.9 Å². The Bertz CT molecular complexity index is 3140. The van der Waals surface area contributed by atoms with Crippen molar-refractivity contribution < 1.29 is 71.9 Å². The number of nitrogens with zero attached hydrogens (tertiary/aromatic N) is 1. The smallest absolute Gasteiger partial charge is 0.243 e. The van der Waals surface area contributed by atoms with Gasteiger partial charge in [0.1, 0.15) is 60.4 Å². The Kier molecular flexibility index (Phi) is 49.8. The second-order valence-electron chi connectivity index (χ2n) is 29.2. The molecule has 0 saturated carbocycles. The predicted molar refractivity (Wildman–Crippen MR) is 419 cm³/mol. The normalized spacial score (nSPS) is 14.1. The lowest BCUT2D eigenvalue weighted by atomic mass is 9.99. The molecule has 0 heterocycles. The number of benzene rings is 1. The Morgan fingerprint density at radius 2 is 0.694 bits per heavy atom. The standard InChI is InChI=1S/C73H131N23O15/c1-42(2)34-53(62(79)101)88-59(99)40-85-66(105)50(26-15-19-31-76)92-70(109)55(36-44(5)6)95-72(111)61(45(7)8)96-63(102)46(9)87-58(98)39-83-57(97)38-84-65(104)49(25-14-18-30-75)91-68(107)52(27-16-20-32-77)93-71(110)56(37-47-22-11-10-12-23-47)94-69(108)54(35-43(3)4)89-60(100)41-86-67(106)51(28-21-33-82-73(80)81)90-64(103)48(78)24-13-17-29-74/h10-12,22-23,42-46,48-56,61H,13-21,24-41,74-78H2,1-9H3,(H2,79,101)(H,83,97)(H,84,104)(H,85,105)(H,86,106)(H,87,98)(H,88,99)(H,89,100)(H,90,103)(H,91,107)(H,92,109)(H,93,110)(H,94,108)(H,95,111)(H,96,102)(H4,80,81,82)/t46-,48-,49-,50-,51-,52-,53-,54-,55-,56-,61-/m0/s1. The Morgan fingerprint density at radius 1 is 0.342 bits per heavy atom. The molecule has 11 atom stereocenters. The lowest BCUT2D eigenvalue weighted by Crippen LogP contribution is -2.59. The van der Waals surface area contributed by atoms with Gasteiger partial charge in [-0.2, -0.15) is 0 Å². The molecule has 111 heavy (non-hydrogen) atoms. The van der Waals surface area contributed by atoms with Crippen LogP contribution >= 0.6 is 0 Å². The Balaban J connectivity index is 3.26. The van der Waals surface area contributed by atoms with E-state index in [0.29, 0.717) is 76.4 Å². The molecule has 0 fully saturated rings. The average molecular weight is 1570 g/mol. The largest absolute Gasteiger partial charge is 0.370 e. The van der Waals surface area contributed by atoms with Crippen LogP contribution in [0.15, 0.2) is 35.3 Å². The molecular formula is C73H131N23O15. The number of guanidine groups is 1. The molecule has 0 saturated heterocycles.